The van der Waals surface area contributed by atoms with Crippen molar-refractivity contribution in [2.24, 2.45) is 0 Å². The van der Waals surface area contributed by atoms with Gasteiger partial charge in [-0.3, -0.25) is 0 Å². The van der Waals surface area contributed by atoms with E-state index < -0.39 is 7.92 Å². The summed E-state index contributed by atoms with van der Waals surface area (Å²) in [5.41, 5.74) is 11.1. The number of furan rings is 1. The predicted molar refractivity (Wildman–Crippen MR) is 208 cm³/mol. The van der Waals surface area contributed by atoms with Crippen LogP contribution >= 0.6 is 7.92 Å². The van der Waals surface area contributed by atoms with Crippen molar-refractivity contribution in [1.82, 2.24) is 4.98 Å². The zero-order chi connectivity index (χ0) is 32.7. The van der Waals surface area contributed by atoms with Crippen LogP contribution in [0.3, 0.4) is 0 Å². The molecular formula is C46H34NOP. The number of hydrogen-bond acceptors (Lipinski definition) is 2. The van der Waals surface area contributed by atoms with Crippen LogP contribution in [-0.2, 0) is 0 Å². The molecule has 1 unspecified atom stereocenters. The van der Waals surface area contributed by atoms with Crippen molar-refractivity contribution in [1.29, 1.82) is 0 Å². The molecule has 9 rings (SSSR count). The van der Waals surface area contributed by atoms with Crippen LogP contribution in [0.2, 0.25) is 0 Å². The van der Waals surface area contributed by atoms with Crippen LogP contribution in [0.5, 0.6) is 0 Å². The van der Waals surface area contributed by atoms with Crippen LogP contribution in [0.15, 0.2) is 168 Å². The summed E-state index contributed by atoms with van der Waals surface area (Å²) < 4.78 is 6.53. The van der Waals surface area contributed by atoms with Gasteiger partial charge in [0.1, 0.15) is 11.3 Å². The van der Waals surface area contributed by atoms with Gasteiger partial charge in [0.25, 0.3) is 0 Å². The summed E-state index contributed by atoms with van der Waals surface area (Å²) in [5.74, 6) is 0.270. The average molecular weight is 648 g/mol. The SMILES string of the molecule is CC1CC(c2ccc(-c3ccc(P(c4ccccc4)c4ccccc4)cc3)cc2)=Cc2c1nc(-c1ccccc1)c1oc3ccccc3c21. The Morgan fingerprint density at radius 1 is 0.551 bits per heavy atom. The molecule has 0 bridgehead atoms. The van der Waals surface area contributed by atoms with Crippen molar-refractivity contribution < 1.29 is 4.42 Å². The molecule has 0 saturated heterocycles. The minimum absolute atomic E-state index is 0.270. The highest BCUT2D eigenvalue weighted by Crippen LogP contribution is 2.45. The largest absolute Gasteiger partial charge is 0.454 e. The molecule has 0 fully saturated rings. The molecule has 0 spiro atoms. The van der Waals surface area contributed by atoms with Crippen LogP contribution < -0.4 is 15.9 Å². The molecule has 0 radical (unpaired) electrons. The molecule has 0 saturated carbocycles. The molecule has 2 aromatic heterocycles. The second kappa shape index (κ2) is 12.5. The highest BCUT2D eigenvalue weighted by atomic mass is 31.1. The van der Waals surface area contributed by atoms with Gasteiger partial charge >= 0.3 is 0 Å². The van der Waals surface area contributed by atoms with Crippen molar-refractivity contribution in [3.8, 4) is 22.4 Å². The second-order valence-electron chi connectivity index (χ2n) is 12.8. The lowest BCUT2D eigenvalue weighted by atomic mass is 9.82. The third-order valence-corrected chi connectivity index (χ3v) is 12.1. The van der Waals surface area contributed by atoms with Crippen LogP contribution in [0.4, 0.5) is 0 Å². The van der Waals surface area contributed by atoms with Gasteiger partial charge in [0.2, 0.25) is 0 Å². The number of nitrogens with zero attached hydrogens (tertiary/aromatic N) is 1. The van der Waals surface area contributed by atoms with E-state index in [1.165, 1.54) is 43.7 Å². The molecule has 1 aliphatic carbocycles. The first kappa shape index (κ1) is 29.6. The second-order valence-corrected chi connectivity index (χ2v) is 15.1. The molecule has 2 heterocycles. The van der Waals surface area contributed by atoms with Crippen molar-refractivity contribution in [2.45, 2.75) is 19.3 Å². The molecule has 49 heavy (non-hydrogen) atoms. The number of para-hydroxylation sites is 1. The highest BCUT2D eigenvalue weighted by Gasteiger charge is 2.27. The Morgan fingerprint density at radius 3 is 1.73 bits per heavy atom. The Bertz CT molecular complexity index is 2410. The van der Waals surface area contributed by atoms with Gasteiger partial charge in [-0.2, -0.15) is 0 Å². The van der Waals surface area contributed by atoms with Crippen molar-refractivity contribution >= 4 is 57.4 Å². The number of fused-ring (bicyclic) bond motifs is 5. The van der Waals surface area contributed by atoms with Crippen molar-refractivity contribution in [3.63, 3.8) is 0 Å². The maximum atomic E-state index is 6.53. The number of benzene rings is 6. The number of rotatable bonds is 6. The van der Waals surface area contributed by atoms with Crippen LogP contribution in [0, 0.1) is 0 Å². The molecule has 2 nitrogen and oxygen atoms in total. The van der Waals surface area contributed by atoms with E-state index in [0.717, 1.165) is 45.3 Å². The Kier molecular flexibility index (Phi) is 7.53. The molecule has 1 atom stereocenters. The zero-order valence-electron chi connectivity index (χ0n) is 27.3. The van der Waals surface area contributed by atoms with Gasteiger partial charge in [0.15, 0.2) is 5.58 Å². The summed E-state index contributed by atoms with van der Waals surface area (Å²) in [7, 11) is -0.622. The van der Waals surface area contributed by atoms with Gasteiger partial charge in [0.05, 0.1) is 5.69 Å². The molecule has 0 N–H and O–H groups in total. The van der Waals surface area contributed by atoms with Gasteiger partial charge in [-0.15, -0.1) is 0 Å². The molecule has 0 aliphatic heterocycles. The average Bonchev–Trinajstić information content (AvgIpc) is 3.56. The zero-order valence-corrected chi connectivity index (χ0v) is 28.1. The molecule has 8 aromatic rings. The Labute approximate surface area is 288 Å². The topological polar surface area (TPSA) is 26.0 Å². The fraction of sp³-hybridized carbons (Fsp3) is 0.0652. The minimum Gasteiger partial charge on any atom is -0.454 e. The van der Waals surface area contributed by atoms with E-state index in [9.17, 15) is 0 Å². The monoisotopic (exact) mass is 647 g/mol. The van der Waals surface area contributed by atoms with E-state index in [1.807, 2.05) is 12.1 Å². The lowest BCUT2D eigenvalue weighted by molar-refractivity contribution is 0.665. The summed E-state index contributed by atoms with van der Waals surface area (Å²) in [5, 5.41) is 6.38. The Morgan fingerprint density at radius 2 is 1.08 bits per heavy atom. The summed E-state index contributed by atoms with van der Waals surface area (Å²) in [4.78, 5) is 5.29. The lowest BCUT2D eigenvalue weighted by Crippen LogP contribution is -2.20. The normalized spacial score (nSPS) is 14.2. The van der Waals surface area contributed by atoms with E-state index in [-0.39, 0.29) is 5.92 Å². The van der Waals surface area contributed by atoms with Gasteiger partial charge in [0, 0.05) is 27.8 Å². The molecule has 234 valence electrons. The molecule has 1 aliphatic rings. The van der Waals surface area contributed by atoms with E-state index in [0.29, 0.717) is 0 Å². The third-order valence-electron chi connectivity index (χ3n) is 9.69. The first-order valence-electron chi connectivity index (χ1n) is 16.9. The maximum Gasteiger partial charge on any atom is 0.162 e. The van der Waals surface area contributed by atoms with E-state index in [2.05, 4.69) is 165 Å². The predicted octanol–water partition coefficient (Wildman–Crippen LogP) is 11.1. The number of allylic oxidation sites excluding steroid dienone is 1. The minimum atomic E-state index is -0.622. The number of aromatic nitrogens is 1. The molecule has 0 amide bonds. The van der Waals surface area contributed by atoms with Crippen LogP contribution in [0.25, 0.3) is 56.0 Å². The fourth-order valence-electron chi connectivity index (χ4n) is 7.29. The van der Waals surface area contributed by atoms with Gasteiger partial charge in [-0.05, 0) is 64.7 Å². The maximum absolute atomic E-state index is 6.53. The first-order valence-corrected chi connectivity index (χ1v) is 18.3. The lowest BCUT2D eigenvalue weighted by Gasteiger charge is -2.24. The molecular weight excluding hydrogens is 613 g/mol. The number of hydrogen-bond donors (Lipinski definition) is 0. The first-order chi connectivity index (χ1) is 24.2. The summed E-state index contributed by atoms with van der Waals surface area (Å²) in [6.07, 6.45) is 3.30. The van der Waals surface area contributed by atoms with E-state index >= 15 is 0 Å². The van der Waals surface area contributed by atoms with Crippen LogP contribution in [0.1, 0.15) is 36.1 Å². The Balaban J connectivity index is 1.07. The van der Waals surface area contributed by atoms with E-state index in [1.54, 1.807) is 0 Å². The van der Waals surface area contributed by atoms with Gasteiger partial charge in [-0.1, -0.05) is 165 Å². The van der Waals surface area contributed by atoms with Crippen LogP contribution in [-0.4, -0.2) is 4.98 Å². The van der Waals surface area contributed by atoms with Crippen molar-refractivity contribution in [2.75, 3.05) is 0 Å². The van der Waals surface area contributed by atoms with Gasteiger partial charge < -0.3 is 4.42 Å². The number of pyridine rings is 1. The fourth-order valence-corrected chi connectivity index (χ4v) is 9.58. The third kappa shape index (κ3) is 5.39. The Hall–Kier alpha value is -5.56. The summed E-state index contributed by atoms with van der Waals surface area (Å²) >= 11 is 0. The smallest absolute Gasteiger partial charge is 0.162 e. The standard InChI is InChI=1S/C46H34NOP/c1-31-29-36(30-41-43-40-19-11-12-20-42(40)48-46(43)45(47-44(31)41)35-13-5-2-6-14-35)34-23-21-32(22-24-34)33-25-27-39(28-26-33)49(37-15-7-3-8-16-37)38-17-9-4-10-18-38/h2-28,30-31H,29H2,1H3. The van der Waals surface area contributed by atoms with Gasteiger partial charge in [-0.25, -0.2) is 4.98 Å². The highest BCUT2D eigenvalue weighted by molar-refractivity contribution is 7.79. The molecule has 3 heteroatoms. The van der Waals surface area contributed by atoms with E-state index in [4.69, 9.17) is 9.40 Å². The quantitative estimate of drug-likeness (QED) is 0.168. The summed E-state index contributed by atoms with van der Waals surface area (Å²) in [6.45, 7) is 2.30. The molecule has 6 aromatic carbocycles. The summed E-state index contributed by atoms with van der Waals surface area (Å²) in [6, 6.07) is 58.8. The van der Waals surface area contributed by atoms with Crippen molar-refractivity contribution in [3.05, 3.63) is 181 Å².